The number of nitrogen functional groups attached to an aromatic ring is 1. The van der Waals surface area contributed by atoms with E-state index in [2.05, 4.69) is 26.0 Å². The van der Waals surface area contributed by atoms with E-state index in [1.807, 2.05) is 12.1 Å². The third kappa shape index (κ3) is 2.00. The van der Waals surface area contributed by atoms with E-state index >= 15 is 0 Å². The summed E-state index contributed by atoms with van der Waals surface area (Å²) < 4.78 is 5.39. The first-order valence-electron chi connectivity index (χ1n) is 5.56. The van der Waals surface area contributed by atoms with Gasteiger partial charge in [0.2, 0.25) is 0 Å². The maximum Gasteiger partial charge on any atom is 0.0585 e. The minimum Gasteiger partial charge on any atom is -0.399 e. The Morgan fingerprint density at radius 1 is 1.40 bits per heavy atom. The highest BCUT2D eigenvalue weighted by Gasteiger charge is 2.40. The fourth-order valence-corrected chi connectivity index (χ4v) is 2.40. The molecule has 0 bridgehead atoms. The van der Waals surface area contributed by atoms with Gasteiger partial charge in [0.1, 0.15) is 0 Å². The van der Waals surface area contributed by atoms with E-state index in [0.717, 1.165) is 18.9 Å². The molecule has 1 saturated heterocycles. The second kappa shape index (κ2) is 3.86. The fraction of sp³-hybridized carbons (Fsp3) is 0.538. The molecule has 0 saturated carbocycles. The first kappa shape index (κ1) is 10.5. The largest absolute Gasteiger partial charge is 0.399 e. The highest BCUT2D eigenvalue weighted by atomic mass is 16.5. The molecule has 0 atom stereocenters. The summed E-state index contributed by atoms with van der Waals surface area (Å²) in [5.74, 6) is 0.690. The number of hydrogen-bond donors (Lipinski definition) is 1. The molecule has 1 fully saturated rings. The van der Waals surface area contributed by atoms with Crippen LogP contribution in [0.4, 0.5) is 5.69 Å². The van der Waals surface area contributed by atoms with E-state index in [-0.39, 0.29) is 5.41 Å². The zero-order valence-corrected chi connectivity index (χ0v) is 9.49. The Kier molecular flexibility index (Phi) is 2.70. The van der Waals surface area contributed by atoms with E-state index in [9.17, 15) is 0 Å². The number of rotatable bonds is 3. The molecule has 2 nitrogen and oxygen atoms in total. The molecule has 1 aliphatic rings. The number of ether oxygens (including phenoxy) is 1. The Bertz CT molecular complexity index is 342. The fourth-order valence-electron chi connectivity index (χ4n) is 2.40. The minimum absolute atomic E-state index is 0.226. The van der Waals surface area contributed by atoms with Crippen LogP contribution in [0.2, 0.25) is 0 Å². The van der Waals surface area contributed by atoms with Crippen LogP contribution in [0.25, 0.3) is 0 Å². The maximum absolute atomic E-state index is 5.82. The van der Waals surface area contributed by atoms with Crippen LogP contribution >= 0.6 is 0 Å². The molecule has 0 radical (unpaired) electrons. The lowest BCUT2D eigenvalue weighted by molar-refractivity contribution is -0.0697. The molecule has 0 unspecified atom stereocenters. The maximum atomic E-state index is 5.82. The van der Waals surface area contributed by atoms with Crippen LogP contribution in [-0.4, -0.2) is 13.2 Å². The van der Waals surface area contributed by atoms with E-state index in [0.29, 0.717) is 5.92 Å². The van der Waals surface area contributed by atoms with Gasteiger partial charge in [-0.05, 0) is 30.0 Å². The lowest BCUT2D eigenvalue weighted by Crippen LogP contribution is -2.47. The summed E-state index contributed by atoms with van der Waals surface area (Å²) >= 11 is 0. The van der Waals surface area contributed by atoms with Gasteiger partial charge in [0.25, 0.3) is 0 Å². The first-order chi connectivity index (χ1) is 7.12. The summed E-state index contributed by atoms with van der Waals surface area (Å²) in [5, 5.41) is 0. The van der Waals surface area contributed by atoms with Gasteiger partial charge in [0.05, 0.1) is 13.2 Å². The van der Waals surface area contributed by atoms with Gasteiger partial charge in [-0.25, -0.2) is 0 Å². The topological polar surface area (TPSA) is 35.2 Å². The summed E-state index contributed by atoms with van der Waals surface area (Å²) in [7, 11) is 0. The van der Waals surface area contributed by atoms with Crippen molar-refractivity contribution >= 4 is 5.69 Å². The quantitative estimate of drug-likeness (QED) is 0.770. The van der Waals surface area contributed by atoms with E-state index in [1.54, 1.807) is 0 Å². The van der Waals surface area contributed by atoms with Crippen molar-refractivity contribution in [1.82, 2.24) is 0 Å². The zero-order valence-electron chi connectivity index (χ0n) is 9.49. The van der Waals surface area contributed by atoms with E-state index in [1.165, 1.54) is 12.0 Å². The molecule has 82 valence electrons. The molecule has 2 N–H and O–H groups in total. The van der Waals surface area contributed by atoms with Crippen molar-refractivity contribution in [2.75, 3.05) is 18.9 Å². The van der Waals surface area contributed by atoms with Gasteiger partial charge >= 0.3 is 0 Å². The SMILES string of the molecule is CC(C)CC1(c2cccc(N)c2)COC1. The molecule has 0 aliphatic carbocycles. The molecule has 1 aromatic carbocycles. The second-order valence-electron chi connectivity index (χ2n) is 5.00. The van der Waals surface area contributed by atoms with Gasteiger partial charge < -0.3 is 10.5 Å². The van der Waals surface area contributed by atoms with Crippen LogP contribution in [0.1, 0.15) is 25.8 Å². The highest BCUT2D eigenvalue weighted by Crippen LogP contribution is 2.38. The van der Waals surface area contributed by atoms with Gasteiger partial charge in [0, 0.05) is 11.1 Å². The molecule has 15 heavy (non-hydrogen) atoms. The van der Waals surface area contributed by atoms with Crippen molar-refractivity contribution in [3.05, 3.63) is 29.8 Å². The van der Waals surface area contributed by atoms with Crippen LogP contribution in [0.5, 0.6) is 0 Å². The van der Waals surface area contributed by atoms with Crippen molar-refractivity contribution in [3.8, 4) is 0 Å². The average Bonchev–Trinajstić information content (AvgIpc) is 2.11. The molecule has 1 aliphatic heterocycles. The Balaban J connectivity index is 2.26. The summed E-state index contributed by atoms with van der Waals surface area (Å²) in [5.41, 5.74) is 8.23. The third-order valence-electron chi connectivity index (χ3n) is 3.05. The lowest BCUT2D eigenvalue weighted by Gasteiger charge is -2.43. The Morgan fingerprint density at radius 3 is 2.60 bits per heavy atom. The van der Waals surface area contributed by atoms with Crippen molar-refractivity contribution in [1.29, 1.82) is 0 Å². The van der Waals surface area contributed by atoms with Crippen LogP contribution in [-0.2, 0) is 10.2 Å². The van der Waals surface area contributed by atoms with Crippen molar-refractivity contribution in [2.45, 2.75) is 25.7 Å². The lowest BCUT2D eigenvalue weighted by atomic mass is 9.73. The van der Waals surface area contributed by atoms with Crippen LogP contribution in [0.3, 0.4) is 0 Å². The van der Waals surface area contributed by atoms with Crippen molar-refractivity contribution in [3.63, 3.8) is 0 Å². The predicted molar refractivity (Wildman–Crippen MR) is 62.8 cm³/mol. The molecule has 2 rings (SSSR count). The minimum atomic E-state index is 0.226. The molecular formula is C13H19NO. The van der Waals surface area contributed by atoms with Crippen LogP contribution in [0.15, 0.2) is 24.3 Å². The normalized spacial score (nSPS) is 18.9. The third-order valence-corrected chi connectivity index (χ3v) is 3.05. The molecule has 0 amide bonds. The molecule has 2 heteroatoms. The molecule has 0 spiro atoms. The van der Waals surface area contributed by atoms with Crippen LogP contribution in [0, 0.1) is 5.92 Å². The Labute approximate surface area is 91.4 Å². The van der Waals surface area contributed by atoms with Crippen molar-refractivity contribution in [2.24, 2.45) is 5.92 Å². The summed E-state index contributed by atoms with van der Waals surface area (Å²) in [4.78, 5) is 0. The number of benzene rings is 1. The second-order valence-corrected chi connectivity index (χ2v) is 5.00. The number of anilines is 1. The Hall–Kier alpha value is -1.02. The summed E-state index contributed by atoms with van der Waals surface area (Å²) in [6.45, 7) is 6.20. The van der Waals surface area contributed by atoms with E-state index < -0.39 is 0 Å². The molecule has 1 aromatic rings. The molecule has 0 aromatic heterocycles. The predicted octanol–water partition coefficient (Wildman–Crippen LogP) is 2.58. The summed E-state index contributed by atoms with van der Waals surface area (Å²) in [6, 6.07) is 8.23. The van der Waals surface area contributed by atoms with Gasteiger partial charge in [0.15, 0.2) is 0 Å². The van der Waals surface area contributed by atoms with Gasteiger partial charge in [-0.2, -0.15) is 0 Å². The molecule has 1 heterocycles. The van der Waals surface area contributed by atoms with Gasteiger partial charge in [-0.1, -0.05) is 26.0 Å². The Morgan fingerprint density at radius 2 is 2.13 bits per heavy atom. The standard InChI is InChI=1S/C13H19NO/c1-10(2)7-13(8-15-9-13)11-4-3-5-12(14)6-11/h3-6,10H,7-9,14H2,1-2H3. The first-order valence-corrected chi connectivity index (χ1v) is 5.56. The molecular weight excluding hydrogens is 186 g/mol. The number of hydrogen-bond acceptors (Lipinski definition) is 2. The number of nitrogens with two attached hydrogens (primary N) is 1. The van der Waals surface area contributed by atoms with Crippen LogP contribution < -0.4 is 5.73 Å². The monoisotopic (exact) mass is 205 g/mol. The zero-order chi connectivity index (χ0) is 10.9. The smallest absolute Gasteiger partial charge is 0.0585 e. The van der Waals surface area contributed by atoms with Gasteiger partial charge in [-0.15, -0.1) is 0 Å². The van der Waals surface area contributed by atoms with E-state index in [4.69, 9.17) is 10.5 Å². The van der Waals surface area contributed by atoms with Crippen molar-refractivity contribution < 1.29 is 4.74 Å². The average molecular weight is 205 g/mol. The van der Waals surface area contributed by atoms with Gasteiger partial charge in [-0.3, -0.25) is 0 Å². The highest BCUT2D eigenvalue weighted by molar-refractivity contribution is 5.44. The summed E-state index contributed by atoms with van der Waals surface area (Å²) in [6.07, 6.45) is 1.18.